The lowest BCUT2D eigenvalue weighted by molar-refractivity contribution is -0.384. The van der Waals surface area contributed by atoms with Gasteiger partial charge in [0.05, 0.1) is 26.8 Å². The standard InChI is InChI=1S/C28H21N3O7S/c1-14-11-15(2)23-21(12-14)39-28(29-23)30-24(16-3-6-18(7-4-16)31(35)36)22(26(33)27(30)34)25(32)17-5-8-19-20(13-17)38-10-9-37-19/h3-8,11-13,24,32H,9-10H2,1-2H3/t24-/m0/s1. The third kappa shape index (κ3) is 4.07. The summed E-state index contributed by atoms with van der Waals surface area (Å²) in [4.78, 5) is 43.7. The minimum atomic E-state index is -1.07. The molecule has 0 aliphatic carbocycles. The van der Waals surface area contributed by atoms with Crippen LogP contribution in [-0.2, 0) is 9.59 Å². The number of Topliss-reactive ketones (excluding diaryl/α,β-unsaturated/α-hetero) is 1. The average molecular weight is 544 g/mol. The van der Waals surface area contributed by atoms with Gasteiger partial charge in [0.25, 0.3) is 11.5 Å². The van der Waals surface area contributed by atoms with E-state index in [1.165, 1.54) is 40.5 Å². The first-order valence-corrected chi connectivity index (χ1v) is 12.9. The Balaban J connectivity index is 1.55. The van der Waals surface area contributed by atoms with E-state index in [2.05, 4.69) is 4.98 Å². The Labute approximate surface area is 225 Å². The summed E-state index contributed by atoms with van der Waals surface area (Å²) < 4.78 is 12.0. The zero-order valence-corrected chi connectivity index (χ0v) is 21.7. The number of benzene rings is 3. The van der Waals surface area contributed by atoms with E-state index in [0.29, 0.717) is 35.8 Å². The summed E-state index contributed by atoms with van der Waals surface area (Å²) in [5.41, 5.74) is 3.03. The number of thiazole rings is 1. The van der Waals surface area contributed by atoms with Crippen LogP contribution in [0.3, 0.4) is 0 Å². The van der Waals surface area contributed by atoms with Gasteiger partial charge < -0.3 is 14.6 Å². The maximum atomic E-state index is 13.5. The molecule has 0 spiro atoms. The van der Waals surface area contributed by atoms with Crippen LogP contribution in [0.15, 0.2) is 60.2 Å². The van der Waals surface area contributed by atoms with E-state index in [4.69, 9.17) is 9.47 Å². The molecular formula is C28H21N3O7S. The van der Waals surface area contributed by atoms with Gasteiger partial charge in [0.2, 0.25) is 0 Å². The second kappa shape index (κ2) is 9.21. The second-order valence-corrected chi connectivity index (χ2v) is 10.3. The molecule has 1 amide bonds. The molecule has 4 aromatic rings. The molecule has 6 rings (SSSR count). The number of carbonyl (C=O) groups is 2. The fraction of sp³-hybridized carbons (Fsp3) is 0.179. The Bertz CT molecular complexity index is 1730. The number of amides is 1. The molecule has 0 saturated carbocycles. The summed E-state index contributed by atoms with van der Waals surface area (Å²) in [6, 6.07) is 13.2. The topological polar surface area (TPSA) is 132 Å². The molecule has 3 aromatic carbocycles. The van der Waals surface area contributed by atoms with E-state index in [1.54, 1.807) is 18.2 Å². The lowest BCUT2D eigenvalue weighted by Crippen LogP contribution is -2.29. The summed E-state index contributed by atoms with van der Waals surface area (Å²) >= 11 is 1.26. The highest BCUT2D eigenvalue weighted by Gasteiger charge is 2.48. The Hall–Kier alpha value is -4.77. The van der Waals surface area contributed by atoms with Gasteiger partial charge in [0.15, 0.2) is 16.6 Å². The number of hydrogen-bond donors (Lipinski definition) is 1. The van der Waals surface area contributed by atoms with Crippen molar-refractivity contribution in [1.82, 2.24) is 4.98 Å². The van der Waals surface area contributed by atoms with Gasteiger partial charge in [-0.2, -0.15) is 0 Å². The number of aryl methyl sites for hydroxylation is 2. The van der Waals surface area contributed by atoms with E-state index < -0.39 is 28.4 Å². The molecule has 1 fully saturated rings. The molecular weight excluding hydrogens is 522 g/mol. The predicted octanol–water partition coefficient (Wildman–Crippen LogP) is 5.22. The lowest BCUT2D eigenvalue weighted by Gasteiger charge is -2.23. The number of aromatic nitrogens is 1. The quantitative estimate of drug-likeness (QED) is 0.122. The fourth-order valence-electron chi connectivity index (χ4n) is 4.93. The maximum Gasteiger partial charge on any atom is 0.301 e. The number of hydrogen-bond acceptors (Lipinski definition) is 9. The number of rotatable bonds is 4. The van der Waals surface area contributed by atoms with Crippen molar-refractivity contribution in [2.24, 2.45) is 0 Å². The van der Waals surface area contributed by atoms with E-state index in [-0.39, 0.29) is 22.0 Å². The number of ketones is 1. The van der Waals surface area contributed by atoms with Gasteiger partial charge in [-0.1, -0.05) is 17.4 Å². The summed E-state index contributed by atoms with van der Waals surface area (Å²) in [6.07, 6.45) is 0. The van der Waals surface area contributed by atoms with Gasteiger partial charge in [0, 0.05) is 17.7 Å². The molecule has 1 saturated heterocycles. The molecule has 39 heavy (non-hydrogen) atoms. The van der Waals surface area contributed by atoms with Crippen LogP contribution in [0.4, 0.5) is 10.8 Å². The largest absolute Gasteiger partial charge is 0.507 e. The highest BCUT2D eigenvalue weighted by molar-refractivity contribution is 7.22. The first-order chi connectivity index (χ1) is 18.7. The number of nitrogens with zero attached hydrogens (tertiary/aromatic N) is 3. The number of non-ortho nitro benzene ring substituents is 1. The monoisotopic (exact) mass is 543 g/mol. The number of ether oxygens (including phenoxy) is 2. The van der Waals surface area contributed by atoms with Crippen molar-refractivity contribution in [3.63, 3.8) is 0 Å². The van der Waals surface area contributed by atoms with Crippen molar-refractivity contribution in [1.29, 1.82) is 0 Å². The zero-order valence-electron chi connectivity index (χ0n) is 20.8. The highest BCUT2D eigenvalue weighted by atomic mass is 32.1. The van der Waals surface area contributed by atoms with Crippen LogP contribution >= 0.6 is 11.3 Å². The predicted molar refractivity (Wildman–Crippen MR) is 144 cm³/mol. The number of carbonyl (C=O) groups excluding carboxylic acids is 2. The second-order valence-electron chi connectivity index (χ2n) is 9.30. The van der Waals surface area contributed by atoms with E-state index in [1.807, 2.05) is 26.0 Å². The minimum absolute atomic E-state index is 0.145. The molecule has 0 unspecified atom stereocenters. The Morgan fingerprint density at radius 1 is 1.05 bits per heavy atom. The number of aliphatic hydroxyl groups excluding tert-OH is 1. The SMILES string of the molecule is Cc1cc(C)c2nc(N3C(=O)C(=O)C(=C(O)c4ccc5c(c4)OCCO5)[C@@H]3c3ccc([N+](=O)[O-])cc3)sc2c1. The molecule has 1 aromatic heterocycles. The van der Waals surface area contributed by atoms with Crippen LogP contribution in [0.5, 0.6) is 11.5 Å². The smallest absolute Gasteiger partial charge is 0.301 e. The van der Waals surface area contributed by atoms with Crippen LogP contribution in [0.2, 0.25) is 0 Å². The molecule has 0 bridgehead atoms. The van der Waals surface area contributed by atoms with Crippen molar-refractivity contribution >= 4 is 49.8 Å². The fourth-order valence-corrected chi connectivity index (χ4v) is 6.10. The lowest BCUT2D eigenvalue weighted by atomic mass is 9.95. The van der Waals surface area contributed by atoms with Gasteiger partial charge >= 0.3 is 5.91 Å². The molecule has 2 aliphatic rings. The average Bonchev–Trinajstić information content (AvgIpc) is 3.46. The molecule has 1 atom stereocenters. The molecule has 10 nitrogen and oxygen atoms in total. The summed E-state index contributed by atoms with van der Waals surface area (Å²) in [6.45, 7) is 4.61. The van der Waals surface area contributed by atoms with Crippen molar-refractivity contribution in [3.8, 4) is 11.5 Å². The Morgan fingerprint density at radius 2 is 1.77 bits per heavy atom. The number of aliphatic hydroxyl groups is 1. The summed E-state index contributed by atoms with van der Waals surface area (Å²) in [5, 5.41) is 23.0. The molecule has 11 heteroatoms. The molecule has 0 radical (unpaired) electrons. The van der Waals surface area contributed by atoms with Gasteiger partial charge in [-0.3, -0.25) is 24.6 Å². The third-order valence-electron chi connectivity index (χ3n) is 6.70. The third-order valence-corrected chi connectivity index (χ3v) is 7.71. The number of fused-ring (bicyclic) bond motifs is 2. The van der Waals surface area contributed by atoms with Crippen molar-refractivity contribution in [2.75, 3.05) is 18.1 Å². The van der Waals surface area contributed by atoms with Gasteiger partial charge in [-0.15, -0.1) is 0 Å². The van der Waals surface area contributed by atoms with Gasteiger partial charge in [-0.05, 0) is 66.9 Å². The zero-order chi connectivity index (χ0) is 27.4. The Morgan fingerprint density at radius 3 is 2.49 bits per heavy atom. The minimum Gasteiger partial charge on any atom is -0.507 e. The van der Waals surface area contributed by atoms with Crippen LogP contribution in [0.25, 0.3) is 16.0 Å². The first-order valence-electron chi connectivity index (χ1n) is 12.1. The van der Waals surface area contributed by atoms with Crippen molar-refractivity contribution in [2.45, 2.75) is 19.9 Å². The summed E-state index contributed by atoms with van der Waals surface area (Å²) in [7, 11) is 0. The van der Waals surface area contributed by atoms with Crippen molar-refractivity contribution < 1.29 is 29.1 Å². The normalized spacial score (nSPS) is 18.1. The molecule has 196 valence electrons. The molecule has 3 heterocycles. The Kier molecular flexibility index (Phi) is 5.80. The number of nitro benzene ring substituents is 1. The molecule has 1 N–H and O–H groups in total. The van der Waals surface area contributed by atoms with Crippen molar-refractivity contribution in [3.05, 3.63) is 92.5 Å². The van der Waals surface area contributed by atoms with Crippen LogP contribution < -0.4 is 14.4 Å². The van der Waals surface area contributed by atoms with E-state index >= 15 is 0 Å². The van der Waals surface area contributed by atoms with E-state index in [0.717, 1.165) is 15.8 Å². The van der Waals surface area contributed by atoms with Crippen LogP contribution in [-0.4, -0.2) is 39.9 Å². The van der Waals surface area contributed by atoms with Crippen LogP contribution in [0.1, 0.15) is 28.3 Å². The maximum absolute atomic E-state index is 13.5. The van der Waals surface area contributed by atoms with Crippen LogP contribution in [0, 0.1) is 24.0 Å². The number of anilines is 1. The molecule has 2 aliphatic heterocycles. The van der Waals surface area contributed by atoms with E-state index in [9.17, 15) is 24.8 Å². The van der Waals surface area contributed by atoms with Gasteiger partial charge in [0.1, 0.15) is 19.0 Å². The summed E-state index contributed by atoms with van der Waals surface area (Å²) in [5.74, 6) is -1.23. The first kappa shape index (κ1) is 24.6. The highest BCUT2D eigenvalue weighted by Crippen LogP contribution is 2.45. The number of nitro groups is 1. The van der Waals surface area contributed by atoms with Gasteiger partial charge in [-0.25, -0.2) is 4.98 Å².